The number of ether oxygens (including phenoxy) is 3. The van der Waals surface area contributed by atoms with E-state index in [4.69, 9.17) is 14.2 Å². The molecule has 0 N–H and O–H groups in total. The molecular weight excluding hydrogens is 496 g/mol. The Morgan fingerprint density at radius 3 is 2.33 bits per heavy atom. The van der Waals surface area contributed by atoms with Gasteiger partial charge in [0.05, 0.1) is 12.3 Å². The lowest BCUT2D eigenvalue weighted by Gasteiger charge is -2.40. The van der Waals surface area contributed by atoms with E-state index >= 15 is 0 Å². The summed E-state index contributed by atoms with van der Waals surface area (Å²) in [6, 6.07) is 9.23. The van der Waals surface area contributed by atoms with Gasteiger partial charge in [-0.05, 0) is 59.6 Å². The fraction of sp³-hybridized carbons (Fsp3) is 0.562. The molecule has 0 aromatic heterocycles. The van der Waals surface area contributed by atoms with Crippen LogP contribution in [0.15, 0.2) is 54.1 Å². The first-order valence-corrected chi connectivity index (χ1v) is 13.8. The standard InChI is InChI=1S/C32H40O7/c1-18-13-14-24-25(31(24,6)7)15-19(2)30(36)32(39-22(5)34)17-20(3)29(27(32)28(18)37-21(4)33)38-26(35)16-23-11-9-8-10-12-23/h8-12,15,20,24-25,27-29H,1,13-14,16-17H2,2-7H3/b19-15+/t20-,24-,25+,27-,28?,29-,32+/m0/s1. The third-order valence-corrected chi connectivity index (χ3v) is 8.97. The van der Waals surface area contributed by atoms with Crippen LogP contribution < -0.4 is 0 Å². The molecule has 0 aliphatic heterocycles. The van der Waals surface area contributed by atoms with Gasteiger partial charge in [-0.1, -0.05) is 63.8 Å². The van der Waals surface area contributed by atoms with Crippen LogP contribution in [0.1, 0.15) is 66.4 Å². The van der Waals surface area contributed by atoms with Crippen molar-refractivity contribution in [2.75, 3.05) is 0 Å². The SMILES string of the molecule is C=C1CC[C@H]2[C@@H](/C=C(\C)C(=O)[C@@]3(OC(C)=O)C[C@H](C)[C@H](OC(=O)Cc4ccccc4)[C@@H]3C1OC(C)=O)C2(C)C. The number of carbonyl (C=O) groups is 4. The van der Waals surface area contributed by atoms with E-state index in [0.29, 0.717) is 23.5 Å². The molecule has 210 valence electrons. The lowest BCUT2D eigenvalue weighted by molar-refractivity contribution is -0.182. The highest BCUT2D eigenvalue weighted by atomic mass is 16.6. The molecule has 0 heterocycles. The van der Waals surface area contributed by atoms with Crippen molar-refractivity contribution < 1.29 is 33.4 Å². The average molecular weight is 537 g/mol. The summed E-state index contributed by atoms with van der Waals surface area (Å²) in [7, 11) is 0. The van der Waals surface area contributed by atoms with Gasteiger partial charge in [-0.2, -0.15) is 0 Å². The van der Waals surface area contributed by atoms with Gasteiger partial charge in [-0.15, -0.1) is 0 Å². The summed E-state index contributed by atoms with van der Waals surface area (Å²) in [5, 5.41) is 0. The van der Waals surface area contributed by atoms with Gasteiger partial charge in [-0.3, -0.25) is 19.2 Å². The highest BCUT2D eigenvalue weighted by Crippen LogP contribution is 2.62. The first kappa shape index (κ1) is 28.8. The van der Waals surface area contributed by atoms with E-state index in [9.17, 15) is 19.2 Å². The number of hydrogen-bond acceptors (Lipinski definition) is 7. The smallest absolute Gasteiger partial charge is 0.310 e. The molecule has 1 aromatic rings. The van der Waals surface area contributed by atoms with Crippen LogP contribution in [0.2, 0.25) is 0 Å². The summed E-state index contributed by atoms with van der Waals surface area (Å²) in [6.07, 6.45) is 1.74. The van der Waals surface area contributed by atoms with Gasteiger partial charge in [0, 0.05) is 20.3 Å². The molecule has 39 heavy (non-hydrogen) atoms. The molecule has 4 rings (SSSR count). The molecule has 0 saturated heterocycles. The van der Waals surface area contributed by atoms with Crippen molar-refractivity contribution in [1.82, 2.24) is 0 Å². The zero-order valence-corrected chi connectivity index (χ0v) is 23.8. The maximum atomic E-state index is 14.3. The zero-order valence-electron chi connectivity index (χ0n) is 23.8. The molecule has 7 heteroatoms. The van der Waals surface area contributed by atoms with Gasteiger partial charge in [0.25, 0.3) is 0 Å². The number of fused-ring (bicyclic) bond motifs is 2. The van der Waals surface area contributed by atoms with Gasteiger partial charge in [0.15, 0.2) is 5.60 Å². The Kier molecular flexibility index (Phi) is 7.93. The molecule has 0 radical (unpaired) electrons. The van der Waals surface area contributed by atoms with Crippen LogP contribution in [0.25, 0.3) is 0 Å². The van der Waals surface area contributed by atoms with Crippen LogP contribution in [0, 0.1) is 29.1 Å². The minimum Gasteiger partial charge on any atom is -0.461 e. The van der Waals surface area contributed by atoms with Crippen molar-refractivity contribution in [3.05, 3.63) is 59.7 Å². The molecule has 7 nitrogen and oxygen atoms in total. The van der Waals surface area contributed by atoms with Crippen LogP contribution in [-0.2, 0) is 39.8 Å². The highest BCUT2D eigenvalue weighted by Gasteiger charge is 2.65. The van der Waals surface area contributed by atoms with Crippen molar-refractivity contribution in [1.29, 1.82) is 0 Å². The van der Waals surface area contributed by atoms with E-state index in [1.807, 2.05) is 43.3 Å². The fourth-order valence-electron chi connectivity index (χ4n) is 6.99. The summed E-state index contributed by atoms with van der Waals surface area (Å²) in [5.74, 6) is -2.75. The Hall–Kier alpha value is -3.22. The second kappa shape index (κ2) is 10.7. The number of Topliss-reactive ketones (excluding diaryl/α,β-unsaturated/α-hetero) is 1. The largest absolute Gasteiger partial charge is 0.461 e. The molecule has 1 aromatic carbocycles. The van der Waals surface area contributed by atoms with Gasteiger partial charge < -0.3 is 14.2 Å². The number of benzene rings is 1. The average Bonchev–Trinajstić information content (AvgIpc) is 3.24. The second-order valence-electron chi connectivity index (χ2n) is 12.2. The Bertz CT molecular complexity index is 1200. The summed E-state index contributed by atoms with van der Waals surface area (Å²) < 4.78 is 17.9. The van der Waals surface area contributed by atoms with Crippen LogP contribution >= 0.6 is 0 Å². The summed E-state index contributed by atoms with van der Waals surface area (Å²) >= 11 is 0. The molecule has 3 aliphatic rings. The quantitative estimate of drug-likeness (QED) is 0.291. The van der Waals surface area contributed by atoms with E-state index in [1.165, 1.54) is 13.8 Å². The summed E-state index contributed by atoms with van der Waals surface area (Å²) in [6.45, 7) is 14.8. The Labute approximate surface area is 231 Å². The van der Waals surface area contributed by atoms with Crippen molar-refractivity contribution in [2.24, 2.45) is 29.1 Å². The first-order valence-electron chi connectivity index (χ1n) is 13.8. The molecular formula is C32H40O7. The predicted molar refractivity (Wildman–Crippen MR) is 145 cm³/mol. The molecule has 0 spiro atoms. The predicted octanol–water partition coefficient (Wildman–Crippen LogP) is 5.17. The molecule has 2 saturated carbocycles. The molecule has 1 unspecified atom stereocenters. The number of rotatable bonds is 5. The Balaban J connectivity index is 1.81. The number of hydrogen-bond donors (Lipinski definition) is 0. The van der Waals surface area contributed by atoms with Crippen molar-refractivity contribution in [2.45, 2.75) is 85.0 Å². The minimum atomic E-state index is -1.68. The van der Waals surface area contributed by atoms with Crippen molar-refractivity contribution >= 4 is 23.7 Å². The van der Waals surface area contributed by atoms with Crippen LogP contribution in [0.3, 0.4) is 0 Å². The summed E-state index contributed by atoms with van der Waals surface area (Å²) in [5.41, 5.74) is 0.258. The Morgan fingerprint density at radius 2 is 1.72 bits per heavy atom. The van der Waals surface area contributed by atoms with Gasteiger partial charge >= 0.3 is 17.9 Å². The van der Waals surface area contributed by atoms with Crippen LogP contribution in [-0.4, -0.2) is 41.5 Å². The van der Waals surface area contributed by atoms with E-state index in [-0.39, 0.29) is 35.9 Å². The monoisotopic (exact) mass is 536 g/mol. The lowest BCUT2D eigenvalue weighted by atomic mass is 9.76. The van der Waals surface area contributed by atoms with E-state index in [2.05, 4.69) is 20.4 Å². The van der Waals surface area contributed by atoms with Crippen molar-refractivity contribution in [3.63, 3.8) is 0 Å². The van der Waals surface area contributed by atoms with Crippen LogP contribution in [0.4, 0.5) is 0 Å². The maximum absolute atomic E-state index is 14.3. The van der Waals surface area contributed by atoms with Crippen LogP contribution in [0.5, 0.6) is 0 Å². The number of ketones is 1. The highest BCUT2D eigenvalue weighted by molar-refractivity contribution is 6.03. The topological polar surface area (TPSA) is 96.0 Å². The number of allylic oxidation sites excluding steroid dienone is 1. The lowest BCUT2D eigenvalue weighted by Crippen LogP contribution is -2.55. The van der Waals surface area contributed by atoms with Crippen molar-refractivity contribution in [3.8, 4) is 0 Å². The second-order valence-corrected chi connectivity index (χ2v) is 12.2. The minimum absolute atomic E-state index is 0.0183. The molecule has 2 fully saturated rings. The third-order valence-electron chi connectivity index (χ3n) is 8.97. The Morgan fingerprint density at radius 1 is 1.05 bits per heavy atom. The maximum Gasteiger partial charge on any atom is 0.310 e. The normalized spacial score (nSPS) is 34.9. The summed E-state index contributed by atoms with van der Waals surface area (Å²) in [4.78, 5) is 52.4. The van der Waals surface area contributed by atoms with E-state index < -0.39 is 41.6 Å². The molecule has 3 aliphatic carbocycles. The van der Waals surface area contributed by atoms with Gasteiger partial charge in [0.1, 0.15) is 12.2 Å². The first-order chi connectivity index (χ1) is 18.3. The molecule has 0 amide bonds. The number of carbonyl (C=O) groups excluding carboxylic acids is 4. The van der Waals surface area contributed by atoms with Gasteiger partial charge in [-0.25, -0.2) is 0 Å². The molecule has 7 atom stereocenters. The van der Waals surface area contributed by atoms with E-state index in [0.717, 1.165) is 12.0 Å². The zero-order chi connectivity index (χ0) is 28.7. The van der Waals surface area contributed by atoms with Gasteiger partial charge in [0.2, 0.25) is 5.78 Å². The fourth-order valence-corrected chi connectivity index (χ4v) is 6.99. The number of esters is 3. The molecule has 0 bridgehead atoms. The van der Waals surface area contributed by atoms with E-state index in [1.54, 1.807) is 6.92 Å². The third kappa shape index (κ3) is 5.59.